The van der Waals surface area contributed by atoms with Crippen LogP contribution in [0.5, 0.6) is 0 Å². The Hall–Kier alpha value is -2.64. The lowest BCUT2D eigenvalue weighted by Gasteiger charge is -2.40. The maximum atomic E-state index is 15.2. The Bertz CT molecular complexity index is 2110. The lowest BCUT2D eigenvalue weighted by Crippen LogP contribution is -2.50. The molecular weight excluding hydrogens is 885 g/mol. The van der Waals surface area contributed by atoms with E-state index in [1.165, 1.54) is 9.18 Å². The third-order valence-electron chi connectivity index (χ3n) is 15.3. The van der Waals surface area contributed by atoms with Crippen LogP contribution in [0.2, 0.25) is 0 Å². The topological polar surface area (TPSA) is 158 Å². The number of Topliss-reactive ketones (excluding diaryl/α,β-unsaturated/α-hetero) is 1. The van der Waals surface area contributed by atoms with Crippen LogP contribution in [-0.2, 0) is 57.5 Å². The second kappa shape index (κ2) is 22.0. The standard InChI is InChI=1S/C50H74N2O12S2/c1-12-33-14-13-15-42(64-45-21-20-41(31(6)60-45)52(8)66(55,56)35-18-16-27(2)17-19-35)28(3)48(54)39-24-37-36-22-34(63-50(43(59-11)26-57-9)61-30(5)29(4)58-10)23-40(36)49-47(51-32(7)65-49)46(37)38(39)25-44(53)62-33/h16-19,24,28-31,33-34,36-38,40-43,45-46,50H,12-15,20-23,25-26H2,1-11H3/t28-,29-,30?,31?,33+,34+,36+,37+,38-,40-,41+,42+,43+,45+,46-,50?/m1/s1. The summed E-state index contributed by atoms with van der Waals surface area (Å²) >= 11 is 1.71. The second-order valence-electron chi connectivity index (χ2n) is 19.4. The zero-order valence-electron chi connectivity index (χ0n) is 40.8. The minimum absolute atomic E-state index is 0.0291. The van der Waals surface area contributed by atoms with Gasteiger partial charge in [0, 0.05) is 63.3 Å². The van der Waals surface area contributed by atoms with E-state index >= 15 is 4.79 Å². The molecule has 3 fully saturated rings. The van der Waals surface area contributed by atoms with Crippen LogP contribution >= 0.6 is 11.3 Å². The lowest BCUT2D eigenvalue weighted by atomic mass is 9.67. The summed E-state index contributed by atoms with van der Waals surface area (Å²) < 4.78 is 78.5. The lowest BCUT2D eigenvalue weighted by molar-refractivity contribution is -0.255. The monoisotopic (exact) mass is 958 g/mol. The fraction of sp³-hybridized carbons (Fsp3) is 0.740. The molecule has 7 rings (SSSR count). The van der Waals surface area contributed by atoms with Crippen molar-refractivity contribution < 1.29 is 55.9 Å². The van der Waals surface area contributed by atoms with Gasteiger partial charge in [0.25, 0.3) is 0 Å². The van der Waals surface area contributed by atoms with Crippen LogP contribution in [0.15, 0.2) is 40.8 Å². The number of esters is 1. The molecule has 3 unspecified atom stereocenters. The Balaban J connectivity index is 1.14. The Labute approximate surface area is 396 Å². The number of aromatic nitrogens is 1. The van der Waals surface area contributed by atoms with Crippen molar-refractivity contribution in [2.75, 3.05) is 35.0 Å². The van der Waals surface area contributed by atoms with Crippen LogP contribution in [0, 0.1) is 37.5 Å². The number of allylic oxidation sites excluding steroid dienone is 2. The predicted octanol–water partition coefficient (Wildman–Crippen LogP) is 8.04. The van der Waals surface area contributed by atoms with Gasteiger partial charge in [-0.2, -0.15) is 4.31 Å². The average Bonchev–Trinajstić information content (AvgIpc) is 4.00. The van der Waals surface area contributed by atoms with Crippen molar-refractivity contribution in [2.45, 2.75) is 184 Å². The predicted molar refractivity (Wildman–Crippen MR) is 250 cm³/mol. The molecule has 0 N–H and O–H groups in total. The Morgan fingerprint density at radius 2 is 1.70 bits per heavy atom. The molecule has 2 aliphatic heterocycles. The van der Waals surface area contributed by atoms with E-state index in [-0.39, 0.29) is 77.8 Å². The van der Waals surface area contributed by atoms with Crippen LogP contribution in [0.4, 0.5) is 0 Å². The Morgan fingerprint density at radius 3 is 2.36 bits per heavy atom. The van der Waals surface area contributed by atoms with Crippen LogP contribution in [0.25, 0.3) is 0 Å². The van der Waals surface area contributed by atoms with Gasteiger partial charge < -0.3 is 37.9 Å². The molecule has 2 aromatic rings. The maximum Gasteiger partial charge on any atom is 0.306 e. The Morgan fingerprint density at radius 1 is 0.955 bits per heavy atom. The minimum atomic E-state index is -3.75. The zero-order chi connectivity index (χ0) is 47.6. The zero-order valence-corrected chi connectivity index (χ0v) is 42.4. The third-order valence-corrected chi connectivity index (χ3v) is 18.3. The number of hydrogen-bond acceptors (Lipinski definition) is 14. The van der Waals surface area contributed by atoms with Gasteiger partial charge in [0.15, 0.2) is 18.4 Å². The number of ketones is 1. The summed E-state index contributed by atoms with van der Waals surface area (Å²) in [5, 5.41) is 0.957. The molecule has 16 heteroatoms. The van der Waals surface area contributed by atoms with Crippen LogP contribution < -0.4 is 0 Å². The van der Waals surface area contributed by atoms with Gasteiger partial charge in [0.1, 0.15) is 12.2 Å². The summed E-state index contributed by atoms with van der Waals surface area (Å²) in [6.45, 7) is 14.0. The molecule has 368 valence electrons. The molecule has 2 saturated heterocycles. The van der Waals surface area contributed by atoms with E-state index < -0.39 is 58.8 Å². The summed E-state index contributed by atoms with van der Waals surface area (Å²) in [6.07, 6.45) is 3.71. The molecule has 5 aliphatic rings. The number of aryl methyl sites for hydroxylation is 2. The fourth-order valence-electron chi connectivity index (χ4n) is 11.3. The largest absolute Gasteiger partial charge is 0.462 e. The van der Waals surface area contributed by atoms with E-state index in [2.05, 4.69) is 6.08 Å². The van der Waals surface area contributed by atoms with Crippen molar-refractivity contribution in [3.8, 4) is 0 Å². The number of carbonyl (C=O) groups is 2. The number of thiazole rings is 1. The highest BCUT2D eigenvalue weighted by molar-refractivity contribution is 7.89. The van der Waals surface area contributed by atoms with Crippen molar-refractivity contribution in [1.82, 2.24) is 9.29 Å². The number of ether oxygens (including phenoxy) is 8. The highest BCUT2D eigenvalue weighted by Crippen LogP contribution is 2.62. The molecule has 1 saturated carbocycles. The number of hydrogen-bond donors (Lipinski definition) is 0. The summed E-state index contributed by atoms with van der Waals surface area (Å²) in [5.41, 5.74) is 2.62. The van der Waals surface area contributed by atoms with Crippen LogP contribution in [0.3, 0.4) is 0 Å². The maximum absolute atomic E-state index is 15.2. The first kappa shape index (κ1) is 51.2. The van der Waals surface area contributed by atoms with E-state index in [9.17, 15) is 13.2 Å². The highest BCUT2D eigenvalue weighted by atomic mass is 32.2. The molecule has 3 heterocycles. The molecule has 0 spiro atoms. The minimum Gasteiger partial charge on any atom is -0.462 e. The molecule has 66 heavy (non-hydrogen) atoms. The first-order valence-electron chi connectivity index (χ1n) is 24.1. The molecule has 0 bridgehead atoms. The average molecular weight is 959 g/mol. The van der Waals surface area contributed by atoms with Crippen molar-refractivity contribution >= 4 is 33.1 Å². The first-order valence-corrected chi connectivity index (χ1v) is 26.4. The van der Waals surface area contributed by atoms with Crippen molar-refractivity contribution in [1.29, 1.82) is 0 Å². The van der Waals surface area contributed by atoms with Gasteiger partial charge in [-0.15, -0.1) is 11.3 Å². The van der Waals surface area contributed by atoms with E-state index in [1.54, 1.807) is 64.0 Å². The third kappa shape index (κ3) is 10.9. The van der Waals surface area contributed by atoms with E-state index in [4.69, 9.17) is 42.9 Å². The SMILES string of the molecule is CC[C@H]1CCC[C@H](O[C@H]2CC[C@H](N(C)S(=O)(=O)c3ccc(C)cc3)C(C)O2)[C@@H](C)C(=O)C2=C[C@H]3[C@@H]4C[C@H](OC(OC(C)[C@@H](C)OC)[C@H](COC)OC)C[C@H]4c4sc(C)nc4[C@H]3[C@@H]2CC(=O)O1. The number of fused-ring (bicyclic) bond motifs is 8. The van der Waals surface area contributed by atoms with E-state index in [0.717, 1.165) is 29.1 Å². The summed E-state index contributed by atoms with van der Waals surface area (Å²) in [7, 11) is 2.78. The molecule has 0 radical (unpaired) electrons. The Kier molecular flexibility index (Phi) is 17.1. The van der Waals surface area contributed by atoms with Crippen molar-refractivity contribution in [3.63, 3.8) is 0 Å². The number of likely N-dealkylation sites (N-methyl/N-ethyl adjacent to an activating group) is 1. The number of nitrogens with zero attached hydrogens (tertiary/aromatic N) is 2. The highest BCUT2D eigenvalue weighted by Gasteiger charge is 2.56. The van der Waals surface area contributed by atoms with Gasteiger partial charge >= 0.3 is 5.97 Å². The van der Waals surface area contributed by atoms with Crippen molar-refractivity contribution in [2.24, 2.45) is 23.7 Å². The number of carbonyl (C=O) groups excluding carboxylic acids is 2. The van der Waals surface area contributed by atoms with Gasteiger partial charge in [-0.3, -0.25) is 9.59 Å². The van der Waals surface area contributed by atoms with Gasteiger partial charge in [-0.1, -0.05) is 37.6 Å². The fourth-order valence-corrected chi connectivity index (χ4v) is 13.9. The quantitative estimate of drug-likeness (QED) is 0.118. The molecule has 3 aliphatic carbocycles. The van der Waals surface area contributed by atoms with Crippen LogP contribution in [0.1, 0.15) is 125 Å². The second-order valence-corrected chi connectivity index (χ2v) is 22.7. The van der Waals surface area contributed by atoms with Gasteiger partial charge in [0.05, 0.1) is 65.2 Å². The summed E-state index contributed by atoms with van der Waals surface area (Å²) in [4.78, 5) is 35.8. The summed E-state index contributed by atoms with van der Waals surface area (Å²) in [6, 6.07) is 6.49. The normalized spacial score (nSPS) is 33.6. The molecule has 14 nitrogen and oxygen atoms in total. The smallest absolute Gasteiger partial charge is 0.306 e. The van der Waals surface area contributed by atoms with Gasteiger partial charge in [0.2, 0.25) is 10.0 Å². The first-order chi connectivity index (χ1) is 31.5. The van der Waals surface area contributed by atoms with E-state index in [1.807, 2.05) is 48.5 Å². The van der Waals surface area contributed by atoms with Gasteiger partial charge in [-0.05, 0) is 109 Å². The molecule has 0 amide bonds. The number of methoxy groups -OCH3 is 3. The molecular formula is C50H74N2O12S2. The van der Waals surface area contributed by atoms with E-state index in [0.29, 0.717) is 44.1 Å². The molecule has 1 aromatic carbocycles. The number of benzene rings is 1. The van der Waals surface area contributed by atoms with Crippen LogP contribution in [-0.4, -0.2) is 126 Å². The summed E-state index contributed by atoms with van der Waals surface area (Å²) in [5.74, 6) is -1.21. The number of sulfonamides is 1. The van der Waals surface area contributed by atoms with Gasteiger partial charge in [-0.25, -0.2) is 13.4 Å². The number of rotatable bonds is 16. The molecule has 16 atom stereocenters. The number of cyclic esters (lactones) is 1. The van der Waals surface area contributed by atoms with Crippen molar-refractivity contribution in [3.05, 3.63) is 57.1 Å². The molecule has 1 aromatic heterocycles.